The van der Waals surface area contributed by atoms with E-state index in [4.69, 9.17) is 74.4 Å². The standard InChI is InChI=1S/C59H100BN5O28/c60-93-43-4-1-41(2-5-43)3-6-49(72)61-11-19-80-24-23-79-15-10-53(76)65-59(38-84-16-7-50(73)62-12-20-81-25-28-87-54-32-42(69)31-44(35-66)90-54,39-85-17-8-51(74)63-13-21-82-26-29-88-55-33-45(70)57(77)47(36-67)91-55)40-86-18-9-52(75)64-14-22-83-27-30-89-56-34-46(71)58(78)48(37-68)92-56/h1-2,4-5,42,44-48,54-58,66-71,77-78H,3,6-40H2,(H,61,72)(H,62,73)(H,63,74)(H,64,75)(H,65,76). The van der Waals surface area contributed by atoms with E-state index in [0.717, 1.165) is 5.56 Å². The van der Waals surface area contributed by atoms with Gasteiger partial charge in [0.05, 0.1) is 176 Å². The van der Waals surface area contributed by atoms with E-state index in [1.54, 1.807) is 12.1 Å². The van der Waals surface area contributed by atoms with Crippen molar-refractivity contribution >= 4 is 37.6 Å². The van der Waals surface area contributed by atoms with E-state index < -0.39 is 92.4 Å². The third-order valence-electron chi connectivity index (χ3n) is 14.4. The summed E-state index contributed by atoms with van der Waals surface area (Å²) in [4.78, 5) is 64.7. The number of aliphatic hydroxyl groups is 8. The molecule has 3 aliphatic heterocycles. The van der Waals surface area contributed by atoms with Crippen molar-refractivity contribution in [2.24, 2.45) is 0 Å². The van der Waals surface area contributed by atoms with Crippen molar-refractivity contribution < 1.29 is 136 Å². The second-order valence-electron chi connectivity index (χ2n) is 22.0. The van der Waals surface area contributed by atoms with Gasteiger partial charge in [0.15, 0.2) is 18.9 Å². The summed E-state index contributed by atoms with van der Waals surface area (Å²) in [6, 6.07) is 7.08. The van der Waals surface area contributed by atoms with Crippen LogP contribution in [0.4, 0.5) is 0 Å². The Morgan fingerprint density at radius 3 is 1.23 bits per heavy atom. The molecular formula is C59H100BN5O28. The van der Waals surface area contributed by atoms with Gasteiger partial charge in [-0.05, 0) is 24.1 Å². The van der Waals surface area contributed by atoms with Crippen LogP contribution in [0.5, 0.6) is 5.75 Å². The average Bonchev–Trinajstić information content (AvgIpc) is 1.12. The number of ether oxygens (including phenoxy) is 14. The number of carbonyl (C=O) groups excluding carboxylic acids is 5. The molecule has 33 nitrogen and oxygen atoms in total. The van der Waals surface area contributed by atoms with E-state index >= 15 is 0 Å². The maximum Gasteiger partial charge on any atom is 0.374 e. The van der Waals surface area contributed by atoms with Gasteiger partial charge in [0.25, 0.3) is 0 Å². The van der Waals surface area contributed by atoms with E-state index in [1.165, 1.54) is 0 Å². The average molecular weight is 1340 g/mol. The minimum atomic E-state index is -1.45. The van der Waals surface area contributed by atoms with Gasteiger partial charge in [0.1, 0.15) is 30.0 Å². The minimum absolute atomic E-state index is 0.00819. The van der Waals surface area contributed by atoms with Gasteiger partial charge in [-0.3, -0.25) is 24.0 Å². The lowest BCUT2D eigenvalue weighted by Crippen LogP contribution is -2.59. The highest BCUT2D eigenvalue weighted by Gasteiger charge is 2.39. The third-order valence-corrected chi connectivity index (χ3v) is 14.4. The Morgan fingerprint density at radius 2 is 0.817 bits per heavy atom. The van der Waals surface area contributed by atoms with E-state index in [1.807, 2.05) is 12.1 Å². The predicted octanol–water partition coefficient (Wildman–Crippen LogP) is -5.34. The first-order valence-electron chi connectivity index (χ1n) is 31.5. The van der Waals surface area contributed by atoms with Crippen molar-refractivity contribution in [1.82, 2.24) is 26.6 Å². The van der Waals surface area contributed by atoms with Crippen molar-refractivity contribution in [2.45, 2.75) is 137 Å². The van der Waals surface area contributed by atoms with Gasteiger partial charge in [0, 0.05) is 84.0 Å². The highest BCUT2D eigenvalue weighted by molar-refractivity contribution is 5.99. The molecule has 2 radical (unpaired) electrons. The summed E-state index contributed by atoms with van der Waals surface area (Å²) in [6.45, 7) is -0.0172. The molecule has 5 amide bonds. The van der Waals surface area contributed by atoms with Crippen LogP contribution in [0.25, 0.3) is 0 Å². The molecule has 3 fully saturated rings. The lowest BCUT2D eigenvalue weighted by atomic mass is 10.0. The van der Waals surface area contributed by atoms with Gasteiger partial charge >= 0.3 is 8.05 Å². The normalized spacial score (nSPS) is 23.8. The van der Waals surface area contributed by atoms with Crippen molar-refractivity contribution in [3.8, 4) is 5.75 Å². The van der Waals surface area contributed by atoms with Gasteiger partial charge in [-0.1, -0.05) is 12.1 Å². The largest absolute Gasteiger partial charge is 0.568 e. The SMILES string of the molecule is [B]Oc1ccc(CCC(=O)NCCOCCOCCC(=O)NC(COCCC(=O)NCCOCCOC2CC(O)CC(CO)O2)(COCCC(=O)NCCOCCOC2CC(O)C(O)C(CO)O2)COCCC(=O)NCCOCCOC2CC(O)C(O)C(CO)O2)cc1. The van der Waals surface area contributed by atoms with Crippen LogP contribution >= 0.6 is 0 Å². The van der Waals surface area contributed by atoms with Crippen molar-refractivity contribution in [3.63, 3.8) is 0 Å². The van der Waals surface area contributed by atoms with Crippen LogP contribution in [0, 0.1) is 0 Å². The number of aliphatic hydroxyl groups excluding tert-OH is 8. The molecule has 0 saturated carbocycles. The van der Waals surface area contributed by atoms with Gasteiger partial charge in [-0.15, -0.1) is 0 Å². The van der Waals surface area contributed by atoms with Crippen molar-refractivity contribution in [3.05, 3.63) is 29.8 Å². The number of amides is 5. The number of carbonyl (C=O) groups is 5. The molecule has 11 atom stereocenters. The third kappa shape index (κ3) is 35.9. The predicted molar refractivity (Wildman–Crippen MR) is 323 cm³/mol. The van der Waals surface area contributed by atoms with Gasteiger partial charge < -0.3 is 138 Å². The summed E-state index contributed by atoms with van der Waals surface area (Å²) in [5.41, 5.74) is -0.497. The summed E-state index contributed by atoms with van der Waals surface area (Å²) in [6.07, 6.45) is -9.29. The molecular weight excluding hydrogens is 1240 g/mol. The van der Waals surface area contributed by atoms with Gasteiger partial charge in [-0.25, -0.2) is 0 Å². The molecule has 0 aromatic heterocycles. The lowest BCUT2D eigenvalue weighted by molar-refractivity contribution is -0.258. The monoisotopic (exact) mass is 1340 g/mol. The van der Waals surface area contributed by atoms with E-state index in [9.17, 15) is 64.8 Å². The Morgan fingerprint density at radius 1 is 0.441 bits per heavy atom. The molecule has 93 heavy (non-hydrogen) atoms. The smallest absolute Gasteiger partial charge is 0.374 e. The van der Waals surface area contributed by atoms with Crippen molar-refractivity contribution in [2.75, 3.05) is 172 Å². The summed E-state index contributed by atoms with van der Waals surface area (Å²) in [5.74, 6) is -1.26. The van der Waals surface area contributed by atoms with E-state index in [2.05, 4.69) is 31.2 Å². The number of benzene rings is 1. The first-order chi connectivity index (χ1) is 45.0. The molecule has 1 aromatic carbocycles. The number of hydrogen-bond donors (Lipinski definition) is 13. The Balaban J connectivity index is 1.26. The van der Waals surface area contributed by atoms with Crippen molar-refractivity contribution in [1.29, 1.82) is 0 Å². The number of aryl methyl sites for hydroxylation is 1. The molecule has 3 heterocycles. The van der Waals surface area contributed by atoms with Crippen LogP contribution in [0.1, 0.15) is 63.4 Å². The Kier molecular flexibility index (Phi) is 42.8. The molecule has 11 unspecified atom stereocenters. The first-order valence-corrected chi connectivity index (χ1v) is 31.5. The fourth-order valence-electron chi connectivity index (χ4n) is 9.31. The molecule has 3 aliphatic rings. The molecule has 0 spiro atoms. The topological polar surface area (TPSA) is 446 Å². The summed E-state index contributed by atoms with van der Waals surface area (Å²) in [5, 5.41) is 92.0. The minimum Gasteiger partial charge on any atom is -0.568 e. The zero-order chi connectivity index (χ0) is 67.3. The highest BCUT2D eigenvalue weighted by Crippen LogP contribution is 2.23. The molecule has 4 rings (SSSR count). The summed E-state index contributed by atoms with van der Waals surface area (Å²) in [7, 11) is 5.17. The van der Waals surface area contributed by atoms with Crippen LogP contribution in [0.3, 0.4) is 0 Å². The Hall–Kier alpha value is -4.45. The van der Waals surface area contributed by atoms with Gasteiger partial charge in [0.2, 0.25) is 29.5 Å². The summed E-state index contributed by atoms with van der Waals surface area (Å²) < 4.78 is 83.8. The second kappa shape index (κ2) is 49.1. The van der Waals surface area contributed by atoms with Crippen LogP contribution in [0.2, 0.25) is 0 Å². The molecule has 0 aliphatic carbocycles. The van der Waals surface area contributed by atoms with E-state index in [-0.39, 0.29) is 233 Å². The Labute approximate surface area is 543 Å². The zero-order valence-electron chi connectivity index (χ0n) is 52.9. The molecule has 3 saturated heterocycles. The zero-order valence-corrected chi connectivity index (χ0v) is 52.9. The maximum atomic E-state index is 13.7. The molecule has 0 bridgehead atoms. The van der Waals surface area contributed by atoms with Crippen LogP contribution in [-0.2, 0) is 96.7 Å². The first kappa shape index (κ1) is 81.0. The fourth-order valence-corrected chi connectivity index (χ4v) is 9.31. The Bertz CT molecular complexity index is 2110. The second-order valence-corrected chi connectivity index (χ2v) is 22.0. The molecule has 1 aromatic rings. The summed E-state index contributed by atoms with van der Waals surface area (Å²) >= 11 is 0. The van der Waals surface area contributed by atoms with Gasteiger partial charge in [-0.2, -0.15) is 0 Å². The van der Waals surface area contributed by atoms with Crippen LogP contribution in [0.15, 0.2) is 24.3 Å². The van der Waals surface area contributed by atoms with Crippen LogP contribution < -0.4 is 31.2 Å². The quantitative estimate of drug-likeness (QED) is 0.0214. The number of hydrogen-bond acceptors (Lipinski definition) is 28. The lowest BCUT2D eigenvalue weighted by Gasteiger charge is -2.36. The molecule has 34 heteroatoms. The number of nitrogens with one attached hydrogen (secondary N) is 5. The van der Waals surface area contributed by atoms with E-state index in [0.29, 0.717) is 18.6 Å². The fraction of sp³-hybridized carbons (Fsp3) is 0.814. The van der Waals surface area contributed by atoms with Crippen LogP contribution in [-0.4, -0.2) is 323 Å². The molecule has 532 valence electrons. The molecule has 13 N–H and O–H groups in total. The number of rotatable bonds is 53. The highest BCUT2D eigenvalue weighted by atomic mass is 16.7. The maximum absolute atomic E-state index is 13.7.